The molecule has 0 amide bonds. The first kappa shape index (κ1) is 40.4. The van der Waals surface area contributed by atoms with Crippen LogP contribution in [0.15, 0.2) is 60.7 Å². The Kier molecular flexibility index (Phi) is 51.7. The maximum atomic E-state index is 9.00. The molecule has 0 saturated carbocycles. The van der Waals surface area contributed by atoms with Gasteiger partial charge in [0.2, 0.25) is 0 Å². The minimum atomic E-state index is -0.833. The van der Waals surface area contributed by atoms with Gasteiger partial charge in [0, 0.05) is 64.8 Å². The van der Waals surface area contributed by atoms with E-state index in [1.165, 1.54) is 0 Å². The monoisotopic (exact) mass is 472 g/mol. The molecule has 0 unspecified atom stereocenters. The predicted octanol–water partition coefficient (Wildman–Crippen LogP) is 3.17. The van der Waals surface area contributed by atoms with Crippen LogP contribution in [0.2, 0.25) is 0 Å². The molecule has 8 nitrogen and oxygen atoms in total. The summed E-state index contributed by atoms with van der Waals surface area (Å²) in [5.74, 6) is -3.33. The van der Waals surface area contributed by atoms with E-state index in [0.29, 0.717) is 0 Å². The third-order valence-electron chi connectivity index (χ3n) is 1.11. The molecule has 0 saturated heterocycles. The van der Waals surface area contributed by atoms with Crippen molar-refractivity contribution in [2.75, 3.05) is 0 Å². The zero-order chi connectivity index (χ0) is 21.4. The van der Waals surface area contributed by atoms with Crippen molar-refractivity contribution in [1.29, 1.82) is 0 Å². The molecule has 0 heterocycles. The molecule has 0 fully saturated rings. The molecule has 2 rings (SSSR count). The van der Waals surface area contributed by atoms with Gasteiger partial charge in [-0.25, -0.2) is 24.3 Å². The van der Waals surface area contributed by atoms with Crippen molar-refractivity contribution >= 4 is 23.9 Å². The van der Waals surface area contributed by atoms with E-state index < -0.39 is 23.9 Å². The number of carbonyl (C=O) groups is 4. The Morgan fingerprint density at radius 2 is 0.607 bits per heavy atom. The van der Waals surface area contributed by atoms with E-state index in [2.05, 4.69) is 0 Å². The van der Waals surface area contributed by atoms with Crippen molar-refractivity contribution in [3.05, 3.63) is 60.7 Å². The van der Waals surface area contributed by atoms with Gasteiger partial charge in [0.05, 0.1) is 0 Å². The smallest absolute Gasteiger partial charge is 0.300 e. The van der Waals surface area contributed by atoms with Crippen LogP contribution in [-0.2, 0) is 56.3 Å². The van der Waals surface area contributed by atoms with Crippen molar-refractivity contribution in [2.45, 2.75) is 27.7 Å². The summed E-state index contributed by atoms with van der Waals surface area (Å²) in [5, 5.41) is 29.7. The van der Waals surface area contributed by atoms with Crippen LogP contribution < -0.4 is 0 Å². The zero-order valence-electron chi connectivity index (χ0n) is 16.1. The molecule has 4 N–H and O–H groups in total. The zero-order valence-corrected chi connectivity index (χ0v) is 18.9. The minimum Gasteiger partial charge on any atom is -0.481 e. The molecule has 158 valence electrons. The molecule has 0 aliphatic heterocycles. The second-order valence-corrected chi connectivity index (χ2v) is 4.00. The summed E-state index contributed by atoms with van der Waals surface area (Å²) < 4.78 is 0. The molecule has 0 spiro atoms. The molecule has 0 aliphatic carbocycles. The summed E-state index contributed by atoms with van der Waals surface area (Å²) >= 11 is 0. The van der Waals surface area contributed by atoms with Gasteiger partial charge in [-0.2, -0.15) is 36.4 Å². The SMILES string of the molecule is CC(=O)O.CC(=O)O.CC(=O)O.CC(=O)O.[V].[V].c1cc[cH-]c1.c1cc[cH-]c1. The van der Waals surface area contributed by atoms with Gasteiger partial charge in [-0.15, -0.1) is 0 Å². The van der Waals surface area contributed by atoms with Crippen LogP contribution >= 0.6 is 0 Å². The van der Waals surface area contributed by atoms with Crippen LogP contribution in [0.5, 0.6) is 0 Å². The van der Waals surface area contributed by atoms with Crippen molar-refractivity contribution in [1.82, 2.24) is 0 Å². The Hall–Kier alpha value is -2.25. The topological polar surface area (TPSA) is 149 Å². The van der Waals surface area contributed by atoms with Gasteiger partial charge in [0.1, 0.15) is 0 Å². The molecule has 0 bridgehead atoms. The van der Waals surface area contributed by atoms with Crippen molar-refractivity contribution in [3.8, 4) is 0 Å². The van der Waals surface area contributed by atoms with Crippen molar-refractivity contribution in [3.63, 3.8) is 0 Å². The minimum absolute atomic E-state index is 0. The van der Waals surface area contributed by atoms with Gasteiger partial charge >= 0.3 is 0 Å². The number of hydrogen-bond acceptors (Lipinski definition) is 4. The summed E-state index contributed by atoms with van der Waals surface area (Å²) in [5.41, 5.74) is 0. The molecular formula is C18H26O8V2-2. The first-order valence-electron chi connectivity index (χ1n) is 7.04. The molecule has 2 aromatic rings. The van der Waals surface area contributed by atoms with Crippen LogP contribution in [0.3, 0.4) is 0 Å². The Labute approximate surface area is 188 Å². The Morgan fingerprint density at radius 3 is 0.643 bits per heavy atom. The first-order chi connectivity index (χ1) is 11.9. The fraction of sp³-hybridized carbons (Fsp3) is 0.222. The second-order valence-electron chi connectivity index (χ2n) is 4.00. The van der Waals surface area contributed by atoms with Gasteiger partial charge in [0.15, 0.2) is 0 Å². The van der Waals surface area contributed by atoms with Crippen LogP contribution in [0.25, 0.3) is 0 Å². The van der Waals surface area contributed by atoms with Crippen LogP contribution in [0.4, 0.5) is 0 Å². The van der Waals surface area contributed by atoms with Gasteiger partial charge in [-0.3, -0.25) is 19.2 Å². The molecule has 2 radical (unpaired) electrons. The van der Waals surface area contributed by atoms with Crippen LogP contribution in [0.1, 0.15) is 27.7 Å². The Bertz CT molecular complexity index is 413. The third kappa shape index (κ3) is 205. The fourth-order valence-corrected chi connectivity index (χ4v) is 0.642. The van der Waals surface area contributed by atoms with E-state index in [1.54, 1.807) is 0 Å². The molecule has 0 atom stereocenters. The number of hydrogen-bond donors (Lipinski definition) is 4. The number of rotatable bonds is 0. The number of carboxylic acid groups (broad SMARTS) is 4. The van der Waals surface area contributed by atoms with E-state index >= 15 is 0 Å². The third-order valence-corrected chi connectivity index (χ3v) is 1.11. The summed E-state index contributed by atoms with van der Waals surface area (Å²) in [6, 6.07) is 20.0. The average molecular weight is 472 g/mol. The summed E-state index contributed by atoms with van der Waals surface area (Å²) in [4.78, 5) is 36.0. The molecule has 0 aliphatic rings. The van der Waals surface area contributed by atoms with Gasteiger partial charge in [0.25, 0.3) is 23.9 Å². The van der Waals surface area contributed by atoms with Crippen LogP contribution in [0, 0.1) is 0 Å². The second kappa shape index (κ2) is 35.8. The fourth-order valence-electron chi connectivity index (χ4n) is 0.642. The maximum absolute atomic E-state index is 9.00. The largest absolute Gasteiger partial charge is 0.481 e. The maximum Gasteiger partial charge on any atom is 0.300 e. The van der Waals surface area contributed by atoms with Gasteiger partial charge < -0.3 is 20.4 Å². The number of carboxylic acids is 4. The normalized spacial score (nSPS) is 6.43. The molecule has 28 heavy (non-hydrogen) atoms. The number of aliphatic carboxylic acids is 4. The van der Waals surface area contributed by atoms with E-state index in [1.807, 2.05) is 60.7 Å². The molecule has 0 aromatic heterocycles. The average Bonchev–Trinajstić information content (AvgIpc) is 3.16. The Morgan fingerprint density at radius 1 is 0.500 bits per heavy atom. The van der Waals surface area contributed by atoms with Gasteiger partial charge in [-0.05, 0) is 0 Å². The molecular weight excluding hydrogens is 446 g/mol. The molecule has 2 aromatic carbocycles. The quantitative estimate of drug-likeness (QED) is 0.427. The predicted molar refractivity (Wildman–Crippen MR) is 97.3 cm³/mol. The van der Waals surface area contributed by atoms with E-state index in [-0.39, 0.29) is 37.1 Å². The summed E-state index contributed by atoms with van der Waals surface area (Å²) in [7, 11) is 0. The standard InChI is InChI=1S/2C5H5.4C2H4O2.2V/c2*1-2-4-5-3-1;4*1-2(3)4;;/h2*1-5H;4*1H3,(H,3,4);;/q2*-1;;;;;;. The van der Waals surface area contributed by atoms with E-state index in [0.717, 1.165) is 27.7 Å². The van der Waals surface area contributed by atoms with Gasteiger partial charge in [-0.1, -0.05) is 0 Å². The first-order valence-corrected chi connectivity index (χ1v) is 7.04. The summed E-state index contributed by atoms with van der Waals surface area (Å²) in [6.45, 7) is 4.33. The van der Waals surface area contributed by atoms with E-state index in [4.69, 9.17) is 39.6 Å². The van der Waals surface area contributed by atoms with Crippen molar-refractivity contribution < 1.29 is 76.7 Å². The summed E-state index contributed by atoms with van der Waals surface area (Å²) in [6.07, 6.45) is 0. The Balaban J connectivity index is -0.0000000514. The van der Waals surface area contributed by atoms with Crippen LogP contribution in [-0.4, -0.2) is 44.3 Å². The molecule has 10 heteroatoms. The van der Waals surface area contributed by atoms with E-state index in [9.17, 15) is 0 Å². The van der Waals surface area contributed by atoms with Crippen molar-refractivity contribution in [2.24, 2.45) is 0 Å².